The quantitative estimate of drug-likeness (QED) is 0.924. The molecule has 1 aliphatic rings. The molecule has 1 aromatic rings. The summed E-state index contributed by atoms with van der Waals surface area (Å²) in [4.78, 5) is 4.58. The number of aliphatic imine (C=N–C) groups is 1. The lowest BCUT2D eigenvalue weighted by Gasteiger charge is -2.21. The van der Waals surface area contributed by atoms with Gasteiger partial charge in [0, 0.05) is 22.4 Å². The van der Waals surface area contributed by atoms with Crippen molar-refractivity contribution >= 4 is 28.5 Å². The first kappa shape index (κ1) is 13.6. The minimum atomic E-state index is 0.498. The van der Waals surface area contributed by atoms with Crippen molar-refractivity contribution in [3.05, 3.63) is 28.8 Å². The van der Waals surface area contributed by atoms with Crippen LogP contribution in [0.1, 0.15) is 18.9 Å². The highest BCUT2D eigenvalue weighted by atomic mass is 35.5. The Morgan fingerprint density at radius 2 is 2.39 bits per heavy atom. The van der Waals surface area contributed by atoms with Crippen LogP contribution in [0.3, 0.4) is 0 Å². The second kappa shape index (κ2) is 6.34. The third-order valence-electron chi connectivity index (χ3n) is 2.84. The van der Waals surface area contributed by atoms with Crippen molar-refractivity contribution in [2.24, 2.45) is 4.99 Å². The van der Waals surface area contributed by atoms with Gasteiger partial charge in [-0.3, -0.25) is 4.99 Å². The Labute approximate surface area is 117 Å². The van der Waals surface area contributed by atoms with Crippen molar-refractivity contribution in [1.29, 1.82) is 0 Å². The summed E-state index contributed by atoms with van der Waals surface area (Å²) >= 11 is 7.94. The molecular formula is C13H17ClN2OS. The molecule has 0 spiro atoms. The Hall–Kier alpha value is -0.870. The van der Waals surface area contributed by atoms with E-state index in [9.17, 15) is 0 Å². The Morgan fingerprint density at radius 1 is 1.56 bits per heavy atom. The summed E-state index contributed by atoms with van der Waals surface area (Å²) in [5.74, 6) is 1.91. The number of nitrogens with one attached hydrogen (secondary N) is 1. The zero-order valence-corrected chi connectivity index (χ0v) is 12.1. The molecule has 3 nitrogen and oxygen atoms in total. The number of hydrogen-bond donors (Lipinski definition) is 1. The van der Waals surface area contributed by atoms with E-state index in [-0.39, 0.29) is 0 Å². The first-order chi connectivity index (χ1) is 8.70. The van der Waals surface area contributed by atoms with E-state index >= 15 is 0 Å². The monoisotopic (exact) mass is 284 g/mol. The molecule has 1 atom stereocenters. The minimum absolute atomic E-state index is 0.498. The van der Waals surface area contributed by atoms with Crippen LogP contribution in [-0.2, 0) is 6.54 Å². The van der Waals surface area contributed by atoms with Crippen molar-refractivity contribution in [2.75, 3.05) is 12.9 Å². The van der Waals surface area contributed by atoms with Gasteiger partial charge in [-0.1, -0.05) is 29.4 Å². The number of thioether (sulfide) groups is 1. The van der Waals surface area contributed by atoms with Crippen LogP contribution in [0.25, 0.3) is 0 Å². The summed E-state index contributed by atoms with van der Waals surface area (Å²) in [6.45, 7) is 2.72. The lowest BCUT2D eigenvalue weighted by molar-refractivity contribution is 0.410. The zero-order valence-electron chi connectivity index (χ0n) is 10.6. The highest BCUT2D eigenvalue weighted by Gasteiger charge is 2.13. The second-order valence-corrected chi connectivity index (χ2v) is 5.72. The van der Waals surface area contributed by atoms with Gasteiger partial charge in [0.1, 0.15) is 5.75 Å². The van der Waals surface area contributed by atoms with E-state index in [1.54, 1.807) is 18.9 Å². The Bertz CT molecular complexity index is 451. The number of halogens is 1. The first-order valence-corrected chi connectivity index (χ1v) is 7.32. The van der Waals surface area contributed by atoms with Gasteiger partial charge in [-0.05, 0) is 25.5 Å². The van der Waals surface area contributed by atoms with Crippen molar-refractivity contribution in [2.45, 2.75) is 25.9 Å². The van der Waals surface area contributed by atoms with Gasteiger partial charge < -0.3 is 10.1 Å². The third kappa shape index (κ3) is 3.33. The molecule has 1 unspecified atom stereocenters. The first-order valence-electron chi connectivity index (χ1n) is 5.96. The van der Waals surface area contributed by atoms with E-state index in [1.165, 1.54) is 6.42 Å². The van der Waals surface area contributed by atoms with E-state index in [4.69, 9.17) is 16.3 Å². The Kier molecular flexibility index (Phi) is 4.78. The molecule has 2 rings (SSSR count). The molecule has 5 heteroatoms. The molecule has 0 aliphatic carbocycles. The fourth-order valence-corrected chi connectivity index (χ4v) is 3.11. The fourth-order valence-electron chi connectivity index (χ4n) is 1.78. The van der Waals surface area contributed by atoms with E-state index < -0.39 is 0 Å². The van der Waals surface area contributed by atoms with Gasteiger partial charge >= 0.3 is 0 Å². The molecule has 0 saturated carbocycles. The van der Waals surface area contributed by atoms with Crippen molar-refractivity contribution in [1.82, 2.24) is 5.32 Å². The van der Waals surface area contributed by atoms with Gasteiger partial charge in [-0.25, -0.2) is 0 Å². The minimum Gasteiger partial charge on any atom is -0.496 e. The molecule has 1 aromatic carbocycles. The molecular weight excluding hydrogens is 268 g/mol. The fraction of sp³-hybridized carbons (Fsp3) is 0.462. The predicted molar refractivity (Wildman–Crippen MR) is 78.8 cm³/mol. The van der Waals surface area contributed by atoms with Gasteiger partial charge in [-0.2, -0.15) is 0 Å². The largest absolute Gasteiger partial charge is 0.496 e. The van der Waals surface area contributed by atoms with Crippen LogP contribution in [0.15, 0.2) is 23.2 Å². The van der Waals surface area contributed by atoms with E-state index in [0.717, 1.165) is 22.2 Å². The summed E-state index contributed by atoms with van der Waals surface area (Å²) in [6, 6.07) is 6.15. The number of nitrogens with zero attached hydrogens (tertiary/aromatic N) is 1. The number of rotatable bonds is 3. The van der Waals surface area contributed by atoms with E-state index in [2.05, 4.69) is 17.2 Å². The molecule has 1 aliphatic heterocycles. The summed E-state index contributed by atoms with van der Waals surface area (Å²) in [6.07, 6.45) is 1.18. The van der Waals surface area contributed by atoms with E-state index in [0.29, 0.717) is 17.6 Å². The molecule has 1 heterocycles. The van der Waals surface area contributed by atoms with Crippen LogP contribution in [0.4, 0.5) is 0 Å². The summed E-state index contributed by atoms with van der Waals surface area (Å²) < 4.78 is 5.31. The van der Waals surface area contributed by atoms with Crippen LogP contribution in [0.2, 0.25) is 5.02 Å². The molecule has 0 amide bonds. The topological polar surface area (TPSA) is 33.6 Å². The maximum atomic E-state index is 6.18. The van der Waals surface area contributed by atoms with Crippen LogP contribution in [-0.4, -0.2) is 24.1 Å². The van der Waals surface area contributed by atoms with Crippen molar-refractivity contribution in [3.8, 4) is 5.75 Å². The lowest BCUT2D eigenvalue weighted by atomic mass is 10.2. The average molecular weight is 285 g/mol. The number of amidine groups is 1. The smallest absolute Gasteiger partial charge is 0.157 e. The summed E-state index contributed by atoms with van der Waals surface area (Å²) in [7, 11) is 1.65. The standard InChI is InChI=1S/C13H17ClN2OS/c1-9-6-7-18-13(16-9)15-8-10-11(14)4-3-5-12(10)17-2/h3-5,9H,6-8H2,1-2H3,(H,15,16). The van der Waals surface area contributed by atoms with Crippen LogP contribution >= 0.6 is 23.4 Å². The molecule has 0 bridgehead atoms. The maximum Gasteiger partial charge on any atom is 0.157 e. The SMILES string of the molecule is COc1cccc(Cl)c1CN=C1NC(C)CCS1. The average Bonchev–Trinajstić information content (AvgIpc) is 2.37. The summed E-state index contributed by atoms with van der Waals surface area (Å²) in [5, 5.41) is 5.07. The predicted octanol–water partition coefficient (Wildman–Crippen LogP) is 3.32. The van der Waals surface area contributed by atoms with Crippen molar-refractivity contribution < 1.29 is 4.74 Å². The number of hydrogen-bond acceptors (Lipinski definition) is 3. The van der Waals surface area contributed by atoms with Gasteiger partial charge in [0.2, 0.25) is 0 Å². The zero-order chi connectivity index (χ0) is 13.0. The second-order valence-electron chi connectivity index (χ2n) is 4.22. The Morgan fingerprint density at radius 3 is 3.11 bits per heavy atom. The number of ether oxygens (including phenoxy) is 1. The van der Waals surface area contributed by atoms with Crippen LogP contribution in [0.5, 0.6) is 5.75 Å². The van der Waals surface area contributed by atoms with Crippen LogP contribution in [0, 0.1) is 0 Å². The number of methoxy groups -OCH3 is 1. The van der Waals surface area contributed by atoms with Gasteiger partial charge in [0.15, 0.2) is 5.17 Å². The molecule has 98 valence electrons. The molecule has 18 heavy (non-hydrogen) atoms. The number of benzene rings is 1. The van der Waals surface area contributed by atoms with Gasteiger partial charge in [-0.15, -0.1) is 0 Å². The molecule has 1 fully saturated rings. The van der Waals surface area contributed by atoms with Gasteiger partial charge in [0.05, 0.1) is 13.7 Å². The summed E-state index contributed by atoms with van der Waals surface area (Å²) in [5.41, 5.74) is 0.940. The molecule has 1 saturated heterocycles. The molecule has 0 radical (unpaired) electrons. The highest BCUT2D eigenvalue weighted by Crippen LogP contribution is 2.27. The maximum absolute atomic E-state index is 6.18. The molecule has 1 N–H and O–H groups in total. The van der Waals surface area contributed by atoms with Crippen molar-refractivity contribution in [3.63, 3.8) is 0 Å². The third-order valence-corrected chi connectivity index (χ3v) is 4.15. The lowest BCUT2D eigenvalue weighted by Crippen LogP contribution is -2.35. The van der Waals surface area contributed by atoms with Crippen LogP contribution < -0.4 is 10.1 Å². The normalized spacial score (nSPS) is 21.7. The highest BCUT2D eigenvalue weighted by molar-refractivity contribution is 8.13. The Balaban J connectivity index is 2.12. The van der Waals surface area contributed by atoms with Gasteiger partial charge in [0.25, 0.3) is 0 Å². The molecule has 0 aromatic heterocycles. The van der Waals surface area contributed by atoms with E-state index in [1.807, 2.05) is 18.2 Å².